The van der Waals surface area contributed by atoms with Crippen LogP contribution in [0.3, 0.4) is 0 Å². The summed E-state index contributed by atoms with van der Waals surface area (Å²) in [7, 11) is -2.37. The summed E-state index contributed by atoms with van der Waals surface area (Å²) >= 11 is 0. The number of nitrogens with one attached hydrogen (secondary N) is 2. The molecule has 1 atom stereocenters. The second-order valence-corrected chi connectivity index (χ2v) is 10.9. The normalized spacial score (nSPS) is 11.8. The Labute approximate surface area is 245 Å². The number of sulfonamides is 1. The van der Waals surface area contributed by atoms with E-state index in [2.05, 4.69) is 10.0 Å². The fourth-order valence-electron chi connectivity index (χ4n) is 3.86. The number of hydrogen-bond donors (Lipinski definition) is 2. The second-order valence-electron chi connectivity index (χ2n) is 9.26. The first-order valence-corrected chi connectivity index (χ1v) is 14.9. The molecule has 0 spiro atoms. The molecule has 0 heterocycles. The molecule has 0 unspecified atom stereocenters. The Morgan fingerprint density at radius 1 is 0.952 bits per heavy atom. The van der Waals surface area contributed by atoms with Gasteiger partial charge in [0.15, 0.2) is 6.61 Å². The lowest BCUT2D eigenvalue weighted by atomic mass is 10.1. The van der Waals surface area contributed by atoms with Crippen LogP contribution in [0, 0.1) is 5.82 Å². The SMILES string of the molecule is CCOCCCNC(=O)[C@@H](C)N(Cc1ccc(OC)cc1)C(=O)COc1ccc(S(=O)(=O)Nc2ccc(F)cc2)cc1. The van der Waals surface area contributed by atoms with Crippen LogP contribution in [0.5, 0.6) is 11.5 Å². The van der Waals surface area contributed by atoms with E-state index in [4.69, 9.17) is 14.2 Å². The summed E-state index contributed by atoms with van der Waals surface area (Å²) in [6, 6.07) is 16.8. The lowest BCUT2D eigenvalue weighted by molar-refractivity contribution is -0.142. The molecule has 3 aromatic rings. The first-order valence-electron chi connectivity index (χ1n) is 13.4. The summed E-state index contributed by atoms with van der Waals surface area (Å²) in [5.41, 5.74) is 1.01. The highest BCUT2D eigenvalue weighted by Gasteiger charge is 2.26. The van der Waals surface area contributed by atoms with Crippen molar-refractivity contribution in [1.82, 2.24) is 10.2 Å². The van der Waals surface area contributed by atoms with Crippen LogP contribution >= 0.6 is 0 Å². The van der Waals surface area contributed by atoms with Crippen molar-refractivity contribution < 1.29 is 36.6 Å². The third-order valence-electron chi connectivity index (χ3n) is 6.24. The Morgan fingerprint density at radius 2 is 1.60 bits per heavy atom. The van der Waals surface area contributed by atoms with Gasteiger partial charge in [-0.25, -0.2) is 12.8 Å². The molecule has 0 fully saturated rings. The molecule has 3 aromatic carbocycles. The van der Waals surface area contributed by atoms with Gasteiger partial charge in [-0.05, 0) is 86.5 Å². The Bertz CT molecular complexity index is 1400. The molecule has 10 nitrogen and oxygen atoms in total. The Balaban J connectivity index is 1.65. The van der Waals surface area contributed by atoms with E-state index in [1.54, 1.807) is 26.2 Å². The van der Waals surface area contributed by atoms with Crippen molar-refractivity contribution in [3.8, 4) is 11.5 Å². The van der Waals surface area contributed by atoms with Crippen LogP contribution in [0.4, 0.5) is 10.1 Å². The van der Waals surface area contributed by atoms with Gasteiger partial charge in [-0.3, -0.25) is 14.3 Å². The van der Waals surface area contributed by atoms with Gasteiger partial charge in [-0.2, -0.15) is 0 Å². The van der Waals surface area contributed by atoms with Crippen molar-refractivity contribution in [2.24, 2.45) is 0 Å². The number of anilines is 1. The smallest absolute Gasteiger partial charge is 0.261 e. The molecule has 0 saturated carbocycles. The van der Waals surface area contributed by atoms with Crippen LogP contribution in [-0.4, -0.2) is 64.6 Å². The summed E-state index contributed by atoms with van der Waals surface area (Å²) in [5.74, 6) is -0.294. The highest BCUT2D eigenvalue weighted by atomic mass is 32.2. The standard InChI is InChI=1S/C30H36FN3O7S/c1-4-40-19-5-18-32-30(36)22(2)34(20-23-6-12-26(39-3)13-7-23)29(35)21-41-27-14-16-28(17-15-27)42(37,38)33-25-10-8-24(31)9-11-25/h6-17,22,33H,4-5,18-21H2,1-3H3,(H,32,36)/t22-/m1/s1. The fourth-order valence-corrected chi connectivity index (χ4v) is 4.92. The number of hydrogen-bond acceptors (Lipinski definition) is 7. The second kappa shape index (κ2) is 15.7. The number of methoxy groups -OCH3 is 1. The predicted octanol–water partition coefficient (Wildman–Crippen LogP) is 3.97. The minimum Gasteiger partial charge on any atom is -0.497 e. The molecule has 226 valence electrons. The largest absolute Gasteiger partial charge is 0.497 e. The molecule has 0 aliphatic carbocycles. The number of nitrogens with zero attached hydrogens (tertiary/aromatic N) is 1. The number of rotatable bonds is 16. The topological polar surface area (TPSA) is 123 Å². The van der Waals surface area contributed by atoms with E-state index in [-0.39, 0.29) is 35.4 Å². The highest BCUT2D eigenvalue weighted by molar-refractivity contribution is 7.92. The van der Waals surface area contributed by atoms with Crippen molar-refractivity contribution in [1.29, 1.82) is 0 Å². The lowest BCUT2D eigenvalue weighted by Crippen LogP contribution is -2.49. The molecule has 0 aliphatic rings. The van der Waals surface area contributed by atoms with E-state index in [1.165, 1.54) is 41.3 Å². The fraction of sp³-hybridized carbons (Fsp3) is 0.333. The van der Waals surface area contributed by atoms with Gasteiger partial charge in [0.25, 0.3) is 15.9 Å². The zero-order valence-corrected chi connectivity index (χ0v) is 24.7. The van der Waals surface area contributed by atoms with Gasteiger partial charge in [0, 0.05) is 32.0 Å². The van der Waals surface area contributed by atoms with E-state index in [9.17, 15) is 22.4 Å². The molecular formula is C30H36FN3O7S. The van der Waals surface area contributed by atoms with Crippen molar-refractivity contribution >= 4 is 27.5 Å². The molecule has 0 aliphatic heterocycles. The van der Waals surface area contributed by atoms with Crippen LogP contribution in [0.1, 0.15) is 25.8 Å². The third kappa shape index (κ3) is 9.74. The molecule has 3 rings (SSSR count). The van der Waals surface area contributed by atoms with Gasteiger partial charge >= 0.3 is 0 Å². The zero-order chi connectivity index (χ0) is 30.5. The summed E-state index contributed by atoms with van der Waals surface area (Å²) in [5, 5.41) is 2.84. The minimum absolute atomic E-state index is 0.0405. The number of carbonyl (C=O) groups excluding carboxylic acids is 2. The molecule has 0 aromatic heterocycles. The molecule has 2 amide bonds. The predicted molar refractivity (Wildman–Crippen MR) is 156 cm³/mol. The van der Waals surface area contributed by atoms with E-state index >= 15 is 0 Å². The Kier molecular flexibility index (Phi) is 12.1. The zero-order valence-electron chi connectivity index (χ0n) is 23.8. The van der Waals surface area contributed by atoms with Crippen LogP contribution in [0.2, 0.25) is 0 Å². The number of amides is 2. The molecule has 0 bridgehead atoms. The van der Waals surface area contributed by atoms with Gasteiger partial charge in [0.05, 0.1) is 12.0 Å². The average molecular weight is 602 g/mol. The highest BCUT2D eigenvalue weighted by Crippen LogP contribution is 2.20. The average Bonchev–Trinajstić information content (AvgIpc) is 2.99. The van der Waals surface area contributed by atoms with Gasteiger partial charge in [-0.15, -0.1) is 0 Å². The van der Waals surface area contributed by atoms with E-state index in [0.717, 1.165) is 17.7 Å². The van der Waals surface area contributed by atoms with Crippen molar-refractivity contribution in [2.75, 3.05) is 38.2 Å². The molecule has 12 heteroatoms. The van der Waals surface area contributed by atoms with Gasteiger partial charge in [0.1, 0.15) is 23.4 Å². The van der Waals surface area contributed by atoms with Gasteiger partial charge in [0.2, 0.25) is 5.91 Å². The van der Waals surface area contributed by atoms with Crippen molar-refractivity contribution in [3.63, 3.8) is 0 Å². The first-order chi connectivity index (χ1) is 20.1. The van der Waals surface area contributed by atoms with Crippen LogP contribution in [0.25, 0.3) is 0 Å². The molecule has 0 radical (unpaired) electrons. The van der Waals surface area contributed by atoms with Crippen LogP contribution in [0.15, 0.2) is 77.7 Å². The monoisotopic (exact) mass is 601 g/mol. The van der Waals surface area contributed by atoms with Gasteiger partial charge < -0.3 is 24.4 Å². The first kappa shape index (κ1) is 32.4. The molecule has 0 saturated heterocycles. The Morgan fingerprint density at radius 3 is 2.21 bits per heavy atom. The number of halogens is 1. The molecular weight excluding hydrogens is 565 g/mol. The lowest BCUT2D eigenvalue weighted by Gasteiger charge is -2.29. The number of ether oxygens (including phenoxy) is 3. The summed E-state index contributed by atoms with van der Waals surface area (Å²) in [4.78, 5) is 27.6. The Hall–Kier alpha value is -4.16. The van der Waals surface area contributed by atoms with E-state index in [1.807, 2.05) is 19.1 Å². The van der Waals surface area contributed by atoms with Gasteiger partial charge in [-0.1, -0.05) is 12.1 Å². The van der Waals surface area contributed by atoms with Crippen LogP contribution < -0.4 is 19.5 Å². The maximum atomic E-state index is 13.3. The third-order valence-corrected chi connectivity index (χ3v) is 7.64. The summed E-state index contributed by atoms with van der Waals surface area (Å²) in [6.45, 7) is 4.86. The maximum absolute atomic E-state index is 13.3. The summed E-state index contributed by atoms with van der Waals surface area (Å²) < 4.78 is 57.0. The number of carbonyl (C=O) groups is 2. The quantitative estimate of drug-likeness (QED) is 0.238. The van der Waals surface area contributed by atoms with E-state index in [0.29, 0.717) is 31.9 Å². The maximum Gasteiger partial charge on any atom is 0.261 e. The minimum atomic E-state index is -3.93. The summed E-state index contributed by atoms with van der Waals surface area (Å²) in [6.07, 6.45) is 0.646. The molecule has 2 N–H and O–H groups in total. The van der Waals surface area contributed by atoms with E-state index < -0.39 is 27.8 Å². The number of benzene rings is 3. The van der Waals surface area contributed by atoms with Crippen molar-refractivity contribution in [2.45, 2.75) is 37.8 Å². The van der Waals surface area contributed by atoms with Crippen molar-refractivity contribution in [3.05, 3.63) is 84.2 Å². The van der Waals surface area contributed by atoms with Crippen LogP contribution in [-0.2, 0) is 30.9 Å². The molecule has 42 heavy (non-hydrogen) atoms.